The predicted molar refractivity (Wildman–Crippen MR) is 106 cm³/mol. The summed E-state index contributed by atoms with van der Waals surface area (Å²) in [7, 11) is 0. The van der Waals surface area contributed by atoms with Gasteiger partial charge in [-0.15, -0.1) is 0 Å². The summed E-state index contributed by atoms with van der Waals surface area (Å²) in [6.07, 6.45) is 2.15. The van der Waals surface area contributed by atoms with Gasteiger partial charge in [0.05, 0.1) is 18.1 Å². The predicted octanol–water partition coefficient (Wildman–Crippen LogP) is 2.14. The first-order valence-corrected chi connectivity index (χ1v) is 10.1. The average Bonchev–Trinajstić information content (AvgIpc) is 3.24. The molecule has 1 aliphatic rings. The number of hydrogen-bond acceptors (Lipinski definition) is 8. The van der Waals surface area contributed by atoms with Crippen LogP contribution in [0.2, 0.25) is 0 Å². The summed E-state index contributed by atoms with van der Waals surface area (Å²) in [5.41, 5.74) is 6.52. The standard InChI is InChI=1S/C17H25F2N7OS/c1-3-4-5-16(2,8-22-14(27)10-6-17(18,19)9-21-10)25-13-12-11(7-28-26-12)23-15(20)24-13/h7,10,21H,3-6,8-9H2,1-2H3,(H,22,27)(H3,20,23,24,25)/t10-,16?/m0/s1. The summed E-state index contributed by atoms with van der Waals surface area (Å²) in [5, 5.41) is 10.5. The van der Waals surface area contributed by atoms with Gasteiger partial charge in [-0.25, -0.2) is 13.8 Å². The summed E-state index contributed by atoms with van der Waals surface area (Å²) in [6, 6.07) is -0.884. The highest BCUT2D eigenvalue weighted by Crippen LogP contribution is 2.27. The van der Waals surface area contributed by atoms with Gasteiger partial charge >= 0.3 is 0 Å². The SMILES string of the molecule is CCCCC(C)(CNC(=O)[C@@H]1CC(F)(F)CN1)Nc1nc(N)nc2csnc12. The number of fused-ring (bicyclic) bond motifs is 1. The van der Waals surface area contributed by atoms with Crippen LogP contribution < -0.4 is 21.7 Å². The van der Waals surface area contributed by atoms with E-state index in [9.17, 15) is 13.6 Å². The maximum absolute atomic E-state index is 13.4. The minimum Gasteiger partial charge on any atom is -0.368 e. The van der Waals surface area contributed by atoms with Gasteiger partial charge in [0.25, 0.3) is 5.92 Å². The number of anilines is 2. The molecule has 0 saturated carbocycles. The Morgan fingerprint density at radius 1 is 1.50 bits per heavy atom. The number of unbranched alkanes of at least 4 members (excludes halogenated alkanes) is 1. The fraction of sp³-hybridized carbons (Fsp3) is 0.647. The van der Waals surface area contributed by atoms with Crippen molar-refractivity contribution in [3.63, 3.8) is 0 Å². The van der Waals surface area contributed by atoms with Gasteiger partial charge in [-0.3, -0.25) is 10.1 Å². The fourth-order valence-electron chi connectivity index (χ4n) is 3.23. The van der Waals surface area contributed by atoms with E-state index in [4.69, 9.17) is 5.73 Å². The highest BCUT2D eigenvalue weighted by atomic mass is 32.1. The lowest BCUT2D eigenvalue weighted by Crippen LogP contribution is -2.50. The zero-order chi connectivity index (χ0) is 20.4. The summed E-state index contributed by atoms with van der Waals surface area (Å²) in [6.45, 7) is 3.81. The summed E-state index contributed by atoms with van der Waals surface area (Å²) < 4.78 is 31.0. The quantitative estimate of drug-likeness (QED) is 0.524. The maximum Gasteiger partial charge on any atom is 0.262 e. The third-order valence-electron chi connectivity index (χ3n) is 4.82. The molecule has 154 valence electrons. The molecule has 3 rings (SSSR count). The molecule has 2 aromatic rings. The number of nitrogen functional groups attached to an aromatic ring is 1. The average molecular weight is 413 g/mol. The van der Waals surface area contributed by atoms with E-state index < -0.39 is 36.4 Å². The highest BCUT2D eigenvalue weighted by molar-refractivity contribution is 7.04. The minimum atomic E-state index is -2.85. The van der Waals surface area contributed by atoms with Crippen LogP contribution in [0.5, 0.6) is 0 Å². The van der Waals surface area contributed by atoms with E-state index in [0.29, 0.717) is 16.9 Å². The third-order valence-corrected chi connectivity index (χ3v) is 5.43. The Kier molecular flexibility index (Phi) is 5.94. The van der Waals surface area contributed by atoms with Crippen molar-refractivity contribution < 1.29 is 13.6 Å². The second-order valence-electron chi connectivity index (χ2n) is 7.48. The number of halogens is 2. The molecule has 0 aromatic carbocycles. The molecule has 3 heterocycles. The van der Waals surface area contributed by atoms with Gasteiger partial charge in [-0.05, 0) is 24.9 Å². The van der Waals surface area contributed by atoms with Crippen molar-refractivity contribution >= 4 is 40.2 Å². The Hall–Kier alpha value is -2.14. The first-order chi connectivity index (χ1) is 13.2. The molecular formula is C17H25F2N7OS. The Bertz CT molecular complexity index is 846. The lowest BCUT2D eigenvalue weighted by molar-refractivity contribution is -0.123. The summed E-state index contributed by atoms with van der Waals surface area (Å²) >= 11 is 1.26. The second kappa shape index (κ2) is 8.08. The van der Waals surface area contributed by atoms with E-state index in [0.717, 1.165) is 19.3 Å². The Balaban J connectivity index is 1.72. The second-order valence-corrected chi connectivity index (χ2v) is 8.11. The van der Waals surface area contributed by atoms with Crippen LogP contribution in [0.1, 0.15) is 39.5 Å². The van der Waals surface area contributed by atoms with Gasteiger partial charge in [0.1, 0.15) is 11.0 Å². The van der Waals surface area contributed by atoms with E-state index in [1.807, 2.05) is 6.92 Å². The Morgan fingerprint density at radius 3 is 2.96 bits per heavy atom. The molecular weight excluding hydrogens is 388 g/mol. The molecule has 0 spiro atoms. The Labute approximate surface area is 165 Å². The number of amides is 1. The van der Waals surface area contributed by atoms with Crippen LogP contribution in [0.3, 0.4) is 0 Å². The number of aromatic nitrogens is 3. The number of nitrogens with zero attached hydrogens (tertiary/aromatic N) is 3. The van der Waals surface area contributed by atoms with Gasteiger partial charge in [0.2, 0.25) is 11.9 Å². The molecule has 1 aliphatic heterocycles. The molecule has 2 aromatic heterocycles. The van der Waals surface area contributed by atoms with Gasteiger partial charge in [-0.1, -0.05) is 19.8 Å². The minimum absolute atomic E-state index is 0.134. The van der Waals surface area contributed by atoms with Crippen molar-refractivity contribution in [1.82, 2.24) is 25.0 Å². The molecule has 11 heteroatoms. The van der Waals surface area contributed by atoms with E-state index in [-0.39, 0.29) is 12.5 Å². The number of nitrogens with one attached hydrogen (secondary N) is 3. The molecule has 1 saturated heterocycles. The van der Waals surface area contributed by atoms with Crippen molar-refractivity contribution in [2.24, 2.45) is 0 Å². The first kappa shape index (κ1) is 20.6. The highest BCUT2D eigenvalue weighted by Gasteiger charge is 2.42. The van der Waals surface area contributed by atoms with E-state index >= 15 is 0 Å². The van der Waals surface area contributed by atoms with Crippen LogP contribution in [0, 0.1) is 0 Å². The van der Waals surface area contributed by atoms with E-state index in [1.54, 1.807) is 5.38 Å². The van der Waals surface area contributed by atoms with Crippen molar-refractivity contribution in [2.45, 2.75) is 57.0 Å². The smallest absolute Gasteiger partial charge is 0.262 e. The summed E-state index contributed by atoms with van der Waals surface area (Å²) in [5.74, 6) is -2.64. The zero-order valence-electron chi connectivity index (χ0n) is 15.9. The molecule has 2 atom stereocenters. The van der Waals surface area contributed by atoms with Gasteiger partial charge in [-0.2, -0.15) is 9.36 Å². The van der Waals surface area contributed by atoms with Crippen molar-refractivity contribution in [3.05, 3.63) is 5.38 Å². The van der Waals surface area contributed by atoms with Crippen LogP contribution >= 0.6 is 11.5 Å². The molecule has 0 radical (unpaired) electrons. The van der Waals surface area contributed by atoms with Crippen LogP contribution in [-0.4, -0.2) is 50.8 Å². The number of rotatable bonds is 8. The molecule has 1 unspecified atom stereocenters. The first-order valence-electron chi connectivity index (χ1n) is 9.26. The number of alkyl halides is 2. The van der Waals surface area contributed by atoms with Crippen molar-refractivity contribution in [3.8, 4) is 0 Å². The summed E-state index contributed by atoms with van der Waals surface area (Å²) in [4.78, 5) is 20.8. The molecule has 5 N–H and O–H groups in total. The fourth-order valence-corrected chi connectivity index (χ4v) is 3.83. The maximum atomic E-state index is 13.4. The molecule has 0 aliphatic carbocycles. The van der Waals surface area contributed by atoms with Crippen molar-refractivity contribution in [2.75, 3.05) is 24.1 Å². The largest absolute Gasteiger partial charge is 0.368 e. The van der Waals surface area contributed by atoms with E-state index in [1.165, 1.54) is 11.5 Å². The molecule has 1 amide bonds. The van der Waals surface area contributed by atoms with Gasteiger partial charge in [0, 0.05) is 18.3 Å². The van der Waals surface area contributed by atoms with Crippen LogP contribution in [0.4, 0.5) is 20.5 Å². The molecule has 0 bridgehead atoms. The third kappa shape index (κ3) is 4.82. The van der Waals surface area contributed by atoms with Crippen LogP contribution in [0.15, 0.2) is 5.38 Å². The number of carbonyl (C=O) groups is 1. The molecule has 28 heavy (non-hydrogen) atoms. The normalized spacial score (nSPS) is 20.8. The number of nitrogens with two attached hydrogens (primary N) is 1. The van der Waals surface area contributed by atoms with Gasteiger partial charge < -0.3 is 16.4 Å². The Morgan fingerprint density at radius 2 is 2.29 bits per heavy atom. The number of carbonyl (C=O) groups excluding carboxylic acids is 1. The lowest BCUT2D eigenvalue weighted by Gasteiger charge is -2.32. The molecule has 8 nitrogen and oxygen atoms in total. The van der Waals surface area contributed by atoms with Crippen LogP contribution in [-0.2, 0) is 4.79 Å². The van der Waals surface area contributed by atoms with Gasteiger partial charge in [0.15, 0.2) is 5.82 Å². The zero-order valence-corrected chi connectivity index (χ0v) is 16.7. The van der Waals surface area contributed by atoms with Crippen LogP contribution in [0.25, 0.3) is 11.0 Å². The number of hydrogen-bond donors (Lipinski definition) is 4. The topological polar surface area (TPSA) is 118 Å². The van der Waals surface area contributed by atoms with Crippen molar-refractivity contribution in [1.29, 1.82) is 0 Å². The monoisotopic (exact) mass is 413 g/mol. The van der Waals surface area contributed by atoms with E-state index in [2.05, 4.69) is 37.2 Å². The lowest BCUT2D eigenvalue weighted by atomic mass is 9.94. The molecule has 1 fully saturated rings.